The number of ether oxygens (including phenoxy) is 1. The highest BCUT2D eigenvalue weighted by atomic mass is 16.5. The zero-order valence-electron chi connectivity index (χ0n) is 22.1. The standard InChI is InChI=1S/C32H49NO/c1-3-5-7-8-9-10-12-27-13-15-28(16-14-27)17-18-29-19-24-32(33-26-29)30-20-22-31(23-21-30)34-25-11-6-4-2/h19-24,26-28H,3-18,25H2,1-2H3/t27-,28-. The van der Waals surface area contributed by atoms with Crippen molar-refractivity contribution < 1.29 is 4.74 Å². The molecule has 3 rings (SSSR count). The molecule has 0 amide bonds. The van der Waals surface area contributed by atoms with Crippen LogP contribution in [0.3, 0.4) is 0 Å². The molecule has 0 N–H and O–H groups in total. The summed E-state index contributed by atoms with van der Waals surface area (Å²) in [7, 11) is 0. The summed E-state index contributed by atoms with van der Waals surface area (Å²) >= 11 is 0. The van der Waals surface area contributed by atoms with E-state index in [4.69, 9.17) is 9.72 Å². The summed E-state index contributed by atoms with van der Waals surface area (Å²) in [6.45, 7) is 5.33. The summed E-state index contributed by atoms with van der Waals surface area (Å²) in [5.74, 6) is 2.89. The molecule has 1 aliphatic carbocycles. The Morgan fingerprint density at radius 2 is 1.35 bits per heavy atom. The molecule has 2 heteroatoms. The minimum atomic E-state index is 0.806. The first-order valence-electron chi connectivity index (χ1n) is 14.5. The quantitative estimate of drug-likeness (QED) is 0.231. The lowest BCUT2D eigenvalue weighted by atomic mass is 9.78. The van der Waals surface area contributed by atoms with Crippen LogP contribution in [0.4, 0.5) is 0 Å². The number of aromatic nitrogens is 1. The van der Waals surface area contributed by atoms with E-state index in [1.165, 1.54) is 102 Å². The van der Waals surface area contributed by atoms with Gasteiger partial charge in [-0.2, -0.15) is 0 Å². The van der Waals surface area contributed by atoms with E-state index in [9.17, 15) is 0 Å². The van der Waals surface area contributed by atoms with Crippen molar-refractivity contribution in [3.05, 3.63) is 48.2 Å². The summed E-state index contributed by atoms with van der Waals surface area (Å²) in [5.41, 5.74) is 3.60. The zero-order valence-corrected chi connectivity index (χ0v) is 22.1. The number of unbranched alkanes of at least 4 members (excludes halogenated alkanes) is 7. The molecular weight excluding hydrogens is 414 g/mol. The maximum absolute atomic E-state index is 5.83. The molecule has 1 aromatic carbocycles. The smallest absolute Gasteiger partial charge is 0.119 e. The van der Waals surface area contributed by atoms with Gasteiger partial charge in [0.15, 0.2) is 0 Å². The molecule has 0 radical (unpaired) electrons. The van der Waals surface area contributed by atoms with E-state index >= 15 is 0 Å². The van der Waals surface area contributed by atoms with E-state index in [1.54, 1.807) is 0 Å². The number of hydrogen-bond donors (Lipinski definition) is 0. The van der Waals surface area contributed by atoms with E-state index < -0.39 is 0 Å². The Labute approximate surface area is 209 Å². The van der Waals surface area contributed by atoms with Crippen molar-refractivity contribution in [2.75, 3.05) is 6.61 Å². The molecule has 1 saturated carbocycles. The number of aryl methyl sites for hydroxylation is 1. The van der Waals surface area contributed by atoms with E-state index in [2.05, 4.69) is 56.4 Å². The van der Waals surface area contributed by atoms with Crippen LogP contribution in [0.1, 0.15) is 116 Å². The molecule has 0 aliphatic heterocycles. The SMILES string of the molecule is CCCCCCCC[C@H]1CC[C@H](CCc2ccc(-c3ccc(OCCCCC)cc3)nc2)CC1. The summed E-state index contributed by atoms with van der Waals surface area (Å²) in [4.78, 5) is 4.76. The highest BCUT2D eigenvalue weighted by molar-refractivity contribution is 5.60. The van der Waals surface area contributed by atoms with Crippen LogP contribution in [0.15, 0.2) is 42.6 Å². The second-order valence-electron chi connectivity index (χ2n) is 10.6. The number of pyridine rings is 1. The molecule has 2 nitrogen and oxygen atoms in total. The monoisotopic (exact) mass is 463 g/mol. The van der Waals surface area contributed by atoms with Gasteiger partial charge in [-0.3, -0.25) is 4.98 Å². The van der Waals surface area contributed by atoms with Crippen LogP contribution in [0.2, 0.25) is 0 Å². The Bertz CT molecular complexity index is 759. The molecule has 1 aromatic heterocycles. The van der Waals surface area contributed by atoms with E-state index in [0.717, 1.165) is 41.9 Å². The van der Waals surface area contributed by atoms with Gasteiger partial charge in [-0.25, -0.2) is 0 Å². The Morgan fingerprint density at radius 1 is 0.706 bits per heavy atom. The predicted octanol–water partition coefficient (Wildman–Crippen LogP) is 9.81. The zero-order chi connectivity index (χ0) is 23.8. The third-order valence-electron chi connectivity index (χ3n) is 7.76. The van der Waals surface area contributed by atoms with Gasteiger partial charge in [-0.15, -0.1) is 0 Å². The minimum absolute atomic E-state index is 0.806. The molecule has 1 fully saturated rings. The van der Waals surface area contributed by atoms with Crippen LogP contribution >= 0.6 is 0 Å². The van der Waals surface area contributed by atoms with Gasteiger partial charge in [0.1, 0.15) is 5.75 Å². The first-order valence-corrected chi connectivity index (χ1v) is 14.5. The van der Waals surface area contributed by atoms with Gasteiger partial charge in [0.05, 0.1) is 12.3 Å². The van der Waals surface area contributed by atoms with Crippen molar-refractivity contribution in [3.63, 3.8) is 0 Å². The van der Waals surface area contributed by atoms with Crippen LogP contribution in [0, 0.1) is 11.8 Å². The maximum Gasteiger partial charge on any atom is 0.119 e. The van der Waals surface area contributed by atoms with E-state index in [-0.39, 0.29) is 0 Å². The third kappa shape index (κ3) is 9.80. The lowest BCUT2D eigenvalue weighted by Crippen LogP contribution is -2.15. The average molecular weight is 464 g/mol. The van der Waals surface area contributed by atoms with Crippen LogP contribution in [-0.2, 0) is 6.42 Å². The first-order chi connectivity index (χ1) is 16.8. The van der Waals surface area contributed by atoms with Crippen molar-refractivity contribution in [1.29, 1.82) is 0 Å². The van der Waals surface area contributed by atoms with Gasteiger partial charge in [0.25, 0.3) is 0 Å². The highest BCUT2D eigenvalue weighted by Crippen LogP contribution is 2.34. The van der Waals surface area contributed by atoms with Crippen molar-refractivity contribution in [3.8, 4) is 17.0 Å². The van der Waals surface area contributed by atoms with Gasteiger partial charge in [-0.1, -0.05) is 103 Å². The summed E-state index contributed by atoms with van der Waals surface area (Å²) in [6.07, 6.45) is 24.1. The van der Waals surface area contributed by atoms with Crippen molar-refractivity contribution in [2.24, 2.45) is 11.8 Å². The van der Waals surface area contributed by atoms with Crippen molar-refractivity contribution in [1.82, 2.24) is 4.98 Å². The van der Waals surface area contributed by atoms with Gasteiger partial charge in [0, 0.05) is 11.8 Å². The Kier molecular flexibility index (Phi) is 12.6. The number of nitrogens with zero attached hydrogens (tertiary/aromatic N) is 1. The molecule has 0 spiro atoms. The fourth-order valence-electron chi connectivity index (χ4n) is 5.40. The van der Waals surface area contributed by atoms with E-state index in [0.29, 0.717) is 0 Å². The summed E-state index contributed by atoms with van der Waals surface area (Å²) < 4.78 is 5.83. The molecule has 0 unspecified atom stereocenters. The lowest BCUT2D eigenvalue weighted by Gasteiger charge is -2.28. The first kappa shape index (κ1) is 26.8. The van der Waals surface area contributed by atoms with Gasteiger partial charge in [-0.05, 0) is 67.0 Å². The van der Waals surface area contributed by atoms with Crippen LogP contribution in [-0.4, -0.2) is 11.6 Å². The topological polar surface area (TPSA) is 22.1 Å². The van der Waals surface area contributed by atoms with E-state index in [1.807, 2.05) is 0 Å². The van der Waals surface area contributed by atoms with Crippen LogP contribution in [0.5, 0.6) is 5.75 Å². The normalized spacial score (nSPS) is 18.2. The molecular formula is C32H49NO. The number of hydrogen-bond acceptors (Lipinski definition) is 2. The third-order valence-corrected chi connectivity index (χ3v) is 7.76. The number of benzene rings is 1. The second kappa shape index (κ2) is 16.0. The molecule has 0 atom stereocenters. The molecule has 1 aliphatic rings. The number of rotatable bonds is 16. The Hall–Kier alpha value is -1.83. The molecule has 34 heavy (non-hydrogen) atoms. The highest BCUT2D eigenvalue weighted by Gasteiger charge is 2.20. The van der Waals surface area contributed by atoms with Gasteiger partial charge in [0.2, 0.25) is 0 Å². The summed E-state index contributed by atoms with van der Waals surface area (Å²) in [5, 5.41) is 0. The molecule has 0 bridgehead atoms. The molecule has 2 aromatic rings. The molecule has 1 heterocycles. The van der Waals surface area contributed by atoms with Gasteiger partial charge < -0.3 is 4.74 Å². The predicted molar refractivity (Wildman–Crippen MR) is 146 cm³/mol. The van der Waals surface area contributed by atoms with Crippen molar-refractivity contribution >= 4 is 0 Å². The second-order valence-corrected chi connectivity index (χ2v) is 10.6. The average Bonchev–Trinajstić information content (AvgIpc) is 2.89. The minimum Gasteiger partial charge on any atom is -0.494 e. The fraction of sp³-hybridized carbons (Fsp3) is 0.656. The van der Waals surface area contributed by atoms with Crippen molar-refractivity contribution in [2.45, 2.75) is 117 Å². The Morgan fingerprint density at radius 3 is 2.03 bits per heavy atom. The lowest BCUT2D eigenvalue weighted by molar-refractivity contribution is 0.248. The molecule has 0 saturated heterocycles. The maximum atomic E-state index is 5.83. The van der Waals surface area contributed by atoms with Crippen LogP contribution < -0.4 is 4.74 Å². The largest absolute Gasteiger partial charge is 0.494 e. The van der Waals surface area contributed by atoms with Gasteiger partial charge >= 0.3 is 0 Å². The molecule has 188 valence electrons. The fourth-order valence-corrected chi connectivity index (χ4v) is 5.40. The van der Waals surface area contributed by atoms with Crippen LogP contribution in [0.25, 0.3) is 11.3 Å². The summed E-state index contributed by atoms with van der Waals surface area (Å²) in [6, 6.07) is 12.9. The Balaban J connectivity index is 1.32.